The highest BCUT2D eigenvalue weighted by Gasteiger charge is 2.16. The number of nitrogens with zero attached hydrogens (tertiary/aromatic N) is 2. The molecule has 26 heavy (non-hydrogen) atoms. The van der Waals surface area contributed by atoms with E-state index in [1.54, 1.807) is 15.6 Å². The molecule has 0 saturated carbocycles. The van der Waals surface area contributed by atoms with E-state index in [2.05, 4.69) is 67.2 Å². The summed E-state index contributed by atoms with van der Waals surface area (Å²) in [6.07, 6.45) is 0. The average molecular weight is 638 g/mol. The smallest absolute Gasteiger partial charge is 0.318 e. The highest BCUT2D eigenvalue weighted by atomic mass is 127. The molecule has 1 aromatic carbocycles. The van der Waals surface area contributed by atoms with E-state index < -0.39 is 5.97 Å². The van der Waals surface area contributed by atoms with Crippen molar-refractivity contribution < 1.29 is 15.0 Å². The summed E-state index contributed by atoms with van der Waals surface area (Å²) >= 11 is 5.92. The van der Waals surface area contributed by atoms with Gasteiger partial charge in [-0.15, -0.1) is 11.3 Å². The summed E-state index contributed by atoms with van der Waals surface area (Å²) in [5.74, 6) is -0.748. The van der Waals surface area contributed by atoms with E-state index in [1.807, 2.05) is 23.5 Å². The van der Waals surface area contributed by atoms with Crippen molar-refractivity contribution in [2.45, 2.75) is 20.4 Å². The monoisotopic (exact) mass is 638 g/mol. The normalized spacial score (nSPS) is 10.5. The van der Waals surface area contributed by atoms with Crippen LogP contribution in [-0.2, 0) is 11.3 Å². The van der Waals surface area contributed by atoms with Crippen molar-refractivity contribution in [3.8, 4) is 0 Å². The molecule has 0 unspecified atom stereocenters. The van der Waals surface area contributed by atoms with Crippen LogP contribution in [0.5, 0.6) is 0 Å². The van der Waals surface area contributed by atoms with Crippen molar-refractivity contribution >= 4 is 93.7 Å². The Hall–Kier alpha value is 0.110. The fraction of sp³-hybridized carbons (Fsp3) is 0.312. The van der Waals surface area contributed by atoms with E-state index in [4.69, 9.17) is 5.11 Å². The van der Waals surface area contributed by atoms with Gasteiger partial charge in [0.1, 0.15) is 12.3 Å². The highest BCUT2D eigenvalue weighted by Crippen LogP contribution is 2.38. The lowest BCUT2D eigenvalue weighted by atomic mass is 10.1. The number of carboxylic acids is 1. The molecule has 0 aliphatic rings. The summed E-state index contributed by atoms with van der Waals surface area (Å²) in [6, 6.07) is 6.19. The van der Waals surface area contributed by atoms with Gasteiger partial charge >= 0.3 is 5.97 Å². The lowest BCUT2D eigenvalue weighted by Gasteiger charge is -2.22. The molecule has 2 N–H and O–H groups in total. The minimum atomic E-state index is -0.850. The standard InChI is InChI=1S/C14H14I2N2O3S3.C2H6/c1-9(19)6-18(24-16)12-5-10(4-11-2-3-22-14(11)12)7-17(23-15)8-13(20)21;1-2/h2-5,19H,1,6-8H2,(H,20,21);1-2H3. The number of hydrogen-bond donors (Lipinski definition) is 2. The first-order chi connectivity index (χ1) is 12.4. The Balaban J connectivity index is 0.00000163. The molecule has 5 nitrogen and oxygen atoms in total. The first-order valence-electron chi connectivity index (χ1n) is 7.63. The summed E-state index contributed by atoms with van der Waals surface area (Å²) in [6.45, 7) is 8.41. The Labute approximate surface area is 190 Å². The van der Waals surface area contributed by atoms with E-state index in [9.17, 15) is 9.90 Å². The Morgan fingerprint density at radius 1 is 1.23 bits per heavy atom. The molecule has 1 heterocycles. The Morgan fingerprint density at radius 2 is 1.92 bits per heavy atom. The maximum Gasteiger partial charge on any atom is 0.318 e. The SMILES string of the molecule is C=C(O)CN(SI)c1cc(CN(CC(=O)O)SI)cc2ccsc12.CC. The van der Waals surface area contributed by atoms with Gasteiger partial charge in [0, 0.05) is 58.1 Å². The fourth-order valence-corrected chi connectivity index (χ4v) is 5.80. The van der Waals surface area contributed by atoms with Crippen LogP contribution in [-0.4, -0.2) is 33.6 Å². The number of aliphatic hydroxyl groups is 1. The van der Waals surface area contributed by atoms with Crippen LogP contribution in [0.25, 0.3) is 10.1 Å². The molecule has 0 atom stereocenters. The van der Waals surface area contributed by atoms with Gasteiger partial charge in [-0.25, -0.2) is 4.31 Å². The molecule has 0 aliphatic carbocycles. The topological polar surface area (TPSA) is 64.0 Å². The van der Waals surface area contributed by atoms with Crippen molar-refractivity contribution in [3.05, 3.63) is 41.5 Å². The summed E-state index contributed by atoms with van der Waals surface area (Å²) in [4.78, 5) is 11.0. The van der Waals surface area contributed by atoms with Gasteiger partial charge in [-0.3, -0.25) is 9.10 Å². The van der Waals surface area contributed by atoms with Gasteiger partial charge in [-0.2, -0.15) is 0 Å². The first-order valence-corrected chi connectivity index (χ1v) is 15.1. The number of carboxylic acid groups (broad SMARTS) is 1. The third-order valence-electron chi connectivity index (χ3n) is 3.04. The number of halogens is 2. The fourth-order valence-electron chi connectivity index (χ4n) is 2.17. The summed E-state index contributed by atoms with van der Waals surface area (Å²) in [7, 11) is 2.87. The molecule has 2 rings (SSSR count). The highest BCUT2D eigenvalue weighted by molar-refractivity contribution is 14.2. The summed E-state index contributed by atoms with van der Waals surface area (Å²) < 4.78 is 4.90. The van der Waals surface area contributed by atoms with Gasteiger partial charge in [-0.05, 0) is 43.6 Å². The lowest BCUT2D eigenvalue weighted by molar-refractivity contribution is -0.137. The second-order valence-electron chi connectivity index (χ2n) is 4.89. The van der Waals surface area contributed by atoms with Crippen LogP contribution >= 0.6 is 72.0 Å². The Bertz CT molecular complexity index is 743. The van der Waals surface area contributed by atoms with Gasteiger partial charge in [0.05, 0.1) is 16.9 Å². The van der Waals surface area contributed by atoms with Crippen molar-refractivity contribution in [1.82, 2.24) is 4.31 Å². The molecular weight excluding hydrogens is 618 g/mol. The molecule has 0 fully saturated rings. The molecular formula is C16H20I2N2O3S3. The lowest BCUT2D eigenvalue weighted by Crippen LogP contribution is -2.22. The van der Waals surface area contributed by atoms with E-state index in [0.717, 1.165) is 21.3 Å². The minimum Gasteiger partial charge on any atom is -0.511 e. The van der Waals surface area contributed by atoms with Crippen LogP contribution in [0.3, 0.4) is 0 Å². The number of hydrogen-bond acceptors (Lipinski definition) is 7. The molecule has 0 radical (unpaired) electrons. The predicted octanol–water partition coefficient (Wildman–Crippen LogP) is 6.69. The molecule has 10 heteroatoms. The van der Waals surface area contributed by atoms with Crippen LogP contribution in [0.4, 0.5) is 5.69 Å². The zero-order valence-corrected chi connectivity index (χ0v) is 21.1. The molecule has 144 valence electrons. The zero-order valence-electron chi connectivity index (χ0n) is 14.3. The first kappa shape index (κ1) is 24.1. The molecule has 0 aliphatic heterocycles. The second kappa shape index (κ2) is 12.5. The number of aliphatic carboxylic acids is 1. The van der Waals surface area contributed by atoms with Gasteiger partial charge in [0.2, 0.25) is 0 Å². The molecule has 0 saturated heterocycles. The molecule has 0 amide bonds. The van der Waals surface area contributed by atoms with Crippen LogP contribution < -0.4 is 4.31 Å². The number of anilines is 1. The summed E-state index contributed by atoms with van der Waals surface area (Å²) in [5.41, 5.74) is 2.03. The number of fused-ring (bicyclic) bond motifs is 1. The largest absolute Gasteiger partial charge is 0.511 e. The predicted molar refractivity (Wildman–Crippen MR) is 134 cm³/mol. The Kier molecular flexibility index (Phi) is 11.7. The van der Waals surface area contributed by atoms with Gasteiger partial charge in [0.25, 0.3) is 0 Å². The van der Waals surface area contributed by atoms with Crippen LogP contribution in [0, 0.1) is 0 Å². The van der Waals surface area contributed by atoms with Crippen LogP contribution in [0.1, 0.15) is 19.4 Å². The number of benzene rings is 1. The zero-order chi connectivity index (χ0) is 19.7. The summed E-state index contributed by atoms with van der Waals surface area (Å²) in [5, 5.41) is 21.7. The quantitative estimate of drug-likeness (QED) is 0.180. The minimum absolute atomic E-state index is 0.0250. The van der Waals surface area contributed by atoms with Crippen LogP contribution in [0.2, 0.25) is 0 Å². The Morgan fingerprint density at radius 3 is 2.46 bits per heavy atom. The number of carbonyl (C=O) groups is 1. The molecule has 0 bridgehead atoms. The van der Waals surface area contributed by atoms with E-state index in [0.29, 0.717) is 13.1 Å². The number of aliphatic hydroxyl groups excluding tert-OH is 1. The number of rotatable bonds is 9. The van der Waals surface area contributed by atoms with E-state index >= 15 is 0 Å². The maximum atomic E-state index is 11.0. The number of thiophene rings is 1. The molecule has 0 spiro atoms. The van der Waals surface area contributed by atoms with Crippen molar-refractivity contribution in [2.75, 3.05) is 17.4 Å². The van der Waals surface area contributed by atoms with Crippen molar-refractivity contribution in [1.29, 1.82) is 0 Å². The maximum absolute atomic E-state index is 11.0. The van der Waals surface area contributed by atoms with Crippen molar-refractivity contribution in [2.24, 2.45) is 0 Å². The van der Waals surface area contributed by atoms with Gasteiger partial charge in [-0.1, -0.05) is 20.4 Å². The third kappa shape index (κ3) is 7.26. The van der Waals surface area contributed by atoms with E-state index in [-0.39, 0.29) is 12.3 Å². The third-order valence-corrected chi connectivity index (χ3v) is 8.03. The van der Waals surface area contributed by atoms with Gasteiger partial charge < -0.3 is 10.2 Å². The molecule has 1 aromatic heterocycles. The van der Waals surface area contributed by atoms with E-state index in [1.165, 1.54) is 18.2 Å². The van der Waals surface area contributed by atoms with Crippen LogP contribution in [0.15, 0.2) is 35.9 Å². The van der Waals surface area contributed by atoms with Gasteiger partial charge in [0.15, 0.2) is 0 Å². The van der Waals surface area contributed by atoms with Crippen molar-refractivity contribution in [3.63, 3.8) is 0 Å². The molecule has 2 aromatic rings. The second-order valence-corrected chi connectivity index (χ2v) is 9.40. The average Bonchev–Trinajstić information content (AvgIpc) is 3.08.